The van der Waals surface area contributed by atoms with Crippen molar-refractivity contribution in [1.82, 2.24) is 14.4 Å². The molecule has 0 spiro atoms. The Morgan fingerprint density at radius 1 is 1.00 bits per heavy atom. The number of aromatic nitrogens is 3. The number of carbonyl (C=O) groups excluding carboxylic acids is 1. The standard InChI is InChI=1S/C28H25N5OS/c29-21-7-1-2-8-22(21)31-26(34)19-10-12-20(13-11-19)28(14-4-5-15-28)27-32-23(18-35-27)24-17-30-25-9-3-6-16-33(24)25/h1-3,6-13,16-18H,4-5,14-15,29H2,(H,31,34). The van der Waals surface area contributed by atoms with E-state index >= 15 is 0 Å². The Labute approximate surface area is 207 Å². The summed E-state index contributed by atoms with van der Waals surface area (Å²) in [5.41, 5.74) is 11.7. The first-order valence-electron chi connectivity index (χ1n) is 11.8. The number of nitrogens with zero attached hydrogens (tertiary/aromatic N) is 3. The predicted octanol–water partition coefficient (Wildman–Crippen LogP) is 6.15. The van der Waals surface area contributed by atoms with Crippen LogP contribution in [0.3, 0.4) is 0 Å². The van der Waals surface area contributed by atoms with Crippen molar-refractivity contribution in [2.45, 2.75) is 31.1 Å². The molecule has 1 aliphatic rings. The molecule has 35 heavy (non-hydrogen) atoms. The average Bonchev–Trinajstić information content (AvgIpc) is 3.65. The number of rotatable bonds is 5. The number of amides is 1. The molecule has 0 atom stereocenters. The van der Waals surface area contributed by atoms with Gasteiger partial charge in [0.2, 0.25) is 0 Å². The molecule has 1 fully saturated rings. The first-order valence-corrected chi connectivity index (χ1v) is 12.7. The lowest BCUT2D eigenvalue weighted by Gasteiger charge is -2.27. The summed E-state index contributed by atoms with van der Waals surface area (Å²) < 4.78 is 2.08. The number of imidazole rings is 1. The van der Waals surface area contributed by atoms with Gasteiger partial charge in [-0.15, -0.1) is 11.3 Å². The molecular weight excluding hydrogens is 454 g/mol. The average molecular weight is 480 g/mol. The molecule has 7 heteroatoms. The van der Waals surface area contributed by atoms with Crippen molar-refractivity contribution in [2.75, 3.05) is 11.1 Å². The maximum absolute atomic E-state index is 12.8. The molecular formula is C28H25N5OS. The van der Waals surface area contributed by atoms with Crippen LogP contribution in [0.2, 0.25) is 0 Å². The number of benzene rings is 2. The highest BCUT2D eigenvalue weighted by Crippen LogP contribution is 2.48. The largest absolute Gasteiger partial charge is 0.397 e. The summed E-state index contributed by atoms with van der Waals surface area (Å²) in [6.45, 7) is 0. The number of hydrogen-bond donors (Lipinski definition) is 2. The number of carbonyl (C=O) groups is 1. The van der Waals surface area contributed by atoms with Crippen molar-refractivity contribution < 1.29 is 4.79 Å². The summed E-state index contributed by atoms with van der Waals surface area (Å²) in [7, 11) is 0. The highest BCUT2D eigenvalue weighted by atomic mass is 32.1. The van der Waals surface area contributed by atoms with E-state index < -0.39 is 0 Å². The summed E-state index contributed by atoms with van der Waals surface area (Å²) in [6.07, 6.45) is 8.36. The topological polar surface area (TPSA) is 85.3 Å². The fourth-order valence-corrected chi connectivity index (χ4v) is 6.18. The zero-order valence-corrected chi connectivity index (χ0v) is 20.0. The number of nitrogens with one attached hydrogen (secondary N) is 1. The first kappa shape index (κ1) is 21.6. The SMILES string of the molecule is Nc1ccccc1NC(=O)c1ccc(C2(c3nc(-c4cnc5ccccn45)cs3)CCCC2)cc1. The van der Waals surface area contributed by atoms with E-state index in [4.69, 9.17) is 10.7 Å². The van der Waals surface area contributed by atoms with E-state index in [-0.39, 0.29) is 11.3 Å². The van der Waals surface area contributed by atoms with Gasteiger partial charge >= 0.3 is 0 Å². The van der Waals surface area contributed by atoms with Crippen LogP contribution in [0.1, 0.15) is 46.6 Å². The Kier molecular flexibility index (Phi) is 5.34. The maximum atomic E-state index is 12.8. The van der Waals surface area contributed by atoms with Gasteiger partial charge in [-0.3, -0.25) is 9.20 Å². The molecule has 3 aromatic heterocycles. The number of nitrogens with two attached hydrogens (primary N) is 1. The van der Waals surface area contributed by atoms with Crippen molar-refractivity contribution in [3.05, 3.63) is 101 Å². The minimum Gasteiger partial charge on any atom is -0.397 e. The van der Waals surface area contributed by atoms with Crippen LogP contribution >= 0.6 is 11.3 Å². The highest BCUT2D eigenvalue weighted by Gasteiger charge is 2.40. The lowest BCUT2D eigenvalue weighted by atomic mass is 9.79. The minimum absolute atomic E-state index is 0.123. The number of para-hydroxylation sites is 2. The lowest BCUT2D eigenvalue weighted by molar-refractivity contribution is 0.102. The Bertz CT molecular complexity index is 1510. The molecule has 0 saturated heterocycles. The van der Waals surface area contributed by atoms with Gasteiger partial charge in [0.1, 0.15) is 10.7 Å². The summed E-state index contributed by atoms with van der Waals surface area (Å²) in [5, 5.41) is 6.17. The van der Waals surface area contributed by atoms with Crippen LogP contribution in [0.15, 0.2) is 84.5 Å². The van der Waals surface area contributed by atoms with E-state index in [1.54, 1.807) is 23.5 Å². The minimum atomic E-state index is -0.168. The number of hydrogen-bond acceptors (Lipinski definition) is 5. The molecule has 2 aromatic carbocycles. The molecule has 174 valence electrons. The quantitative estimate of drug-likeness (QED) is 0.296. The summed E-state index contributed by atoms with van der Waals surface area (Å²) in [6, 6.07) is 21.3. The second kappa shape index (κ2) is 8.67. The Balaban J connectivity index is 1.30. The van der Waals surface area contributed by atoms with Gasteiger partial charge in [-0.25, -0.2) is 9.97 Å². The van der Waals surface area contributed by atoms with E-state index in [9.17, 15) is 4.79 Å². The van der Waals surface area contributed by atoms with Crippen molar-refractivity contribution in [3.63, 3.8) is 0 Å². The van der Waals surface area contributed by atoms with E-state index in [0.717, 1.165) is 34.9 Å². The molecule has 1 aliphatic carbocycles. The number of anilines is 2. The van der Waals surface area contributed by atoms with Crippen molar-refractivity contribution in [1.29, 1.82) is 0 Å². The second-order valence-corrected chi connectivity index (χ2v) is 9.88. The van der Waals surface area contributed by atoms with E-state index in [2.05, 4.69) is 32.2 Å². The second-order valence-electron chi connectivity index (χ2n) is 9.02. The normalized spacial score (nSPS) is 14.9. The van der Waals surface area contributed by atoms with E-state index in [1.165, 1.54) is 18.4 Å². The number of pyridine rings is 1. The van der Waals surface area contributed by atoms with Crippen LogP contribution in [-0.2, 0) is 5.41 Å². The van der Waals surface area contributed by atoms with Gasteiger partial charge in [-0.05, 0) is 54.8 Å². The monoisotopic (exact) mass is 479 g/mol. The molecule has 0 bridgehead atoms. The highest BCUT2D eigenvalue weighted by molar-refractivity contribution is 7.10. The fraction of sp³-hybridized carbons (Fsp3) is 0.179. The molecule has 1 amide bonds. The Morgan fingerprint density at radius 3 is 2.57 bits per heavy atom. The molecule has 0 aliphatic heterocycles. The molecule has 5 aromatic rings. The number of thiazole rings is 1. The van der Waals surface area contributed by atoms with Crippen molar-refractivity contribution >= 4 is 34.3 Å². The molecule has 3 N–H and O–H groups in total. The molecule has 0 unspecified atom stereocenters. The molecule has 6 nitrogen and oxygen atoms in total. The van der Waals surface area contributed by atoms with Crippen LogP contribution in [0.25, 0.3) is 17.0 Å². The third-order valence-corrected chi connectivity index (χ3v) is 8.01. The smallest absolute Gasteiger partial charge is 0.255 e. The number of nitrogen functional groups attached to an aromatic ring is 1. The third kappa shape index (κ3) is 3.78. The predicted molar refractivity (Wildman–Crippen MR) is 141 cm³/mol. The van der Waals surface area contributed by atoms with Gasteiger partial charge in [0.15, 0.2) is 0 Å². The fourth-order valence-electron chi connectivity index (χ4n) is 5.08. The zero-order chi connectivity index (χ0) is 23.8. The van der Waals surface area contributed by atoms with Crippen LogP contribution < -0.4 is 11.1 Å². The van der Waals surface area contributed by atoms with Crippen LogP contribution in [0.4, 0.5) is 11.4 Å². The van der Waals surface area contributed by atoms with Gasteiger partial charge in [-0.1, -0.05) is 43.2 Å². The first-order chi connectivity index (χ1) is 17.1. The summed E-state index contributed by atoms with van der Waals surface area (Å²) in [4.78, 5) is 22.4. The third-order valence-electron chi connectivity index (χ3n) is 6.96. The van der Waals surface area contributed by atoms with E-state index in [0.29, 0.717) is 16.9 Å². The Morgan fingerprint density at radius 2 is 1.77 bits per heavy atom. The van der Waals surface area contributed by atoms with Crippen LogP contribution in [0, 0.1) is 0 Å². The Hall–Kier alpha value is -3.97. The van der Waals surface area contributed by atoms with Crippen LogP contribution in [-0.4, -0.2) is 20.3 Å². The molecule has 3 heterocycles. The van der Waals surface area contributed by atoms with Crippen molar-refractivity contribution in [3.8, 4) is 11.4 Å². The summed E-state index contributed by atoms with van der Waals surface area (Å²) in [5.74, 6) is -0.168. The van der Waals surface area contributed by atoms with Gasteiger partial charge in [-0.2, -0.15) is 0 Å². The van der Waals surface area contributed by atoms with Crippen molar-refractivity contribution in [2.24, 2.45) is 0 Å². The lowest BCUT2D eigenvalue weighted by Crippen LogP contribution is -2.24. The number of fused-ring (bicyclic) bond motifs is 1. The van der Waals surface area contributed by atoms with Gasteiger partial charge in [0, 0.05) is 22.6 Å². The molecule has 0 radical (unpaired) electrons. The zero-order valence-electron chi connectivity index (χ0n) is 19.1. The molecule has 6 rings (SSSR count). The maximum Gasteiger partial charge on any atom is 0.255 e. The van der Waals surface area contributed by atoms with Gasteiger partial charge < -0.3 is 11.1 Å². The van der Waals surface area contributed by atoms with Gasteiger partial charge in [0.05, 0.1) is 29.0 Å². The molecule has 1 saturated carbocycles. The van der Waals surface area contributed by atoms with Gasteiger partial charge in [0.25, 0.3) is 5.91 Å². The summed E-state index contributed by atoms with van der Waals surface area (Å²) >= 11 is 1.72. The van der Waals surface area contributed by atoms with Crippen LogP contribution in [0.5, 0.6) is 0 Å². The van der Waals surface area contributed by atoms with E-state index in [1.807, 2.05) is 54.9 Å².